The molecule has 0 spiro atoms. The van der Waals surface area contributed by atoms with Gasteiger partial charge in [-0.05, 0) is 36.8 Å². The average molecular weight is 625 g/mol. The summed E-state index contributed by atoms with van der Waals surface area (Å²) in [6.07, 6.45) is 17.7. The van der Waals surface area contributed by atoms with E-state index in [4.69, 9.17) is 19.1 Å². The molecule has 4 heterocycles. The number of hydroxylamine groups is 4. The van der Waals surface area contributed by atoms with Gasteiger partial charge in [-0.2, -0.15) is 0 Å². The second kappa shape index (κ2) is 16.9. The van der Waals surface area contributed by atoms with Crippen LogP contribution in [0.15, 0.2) is 32.1 Å². The van der Waals surface area contributed by atoms with Gasteiger partial charge in [-0.1, -0.05) is 64.5 Å². The third kappa shape index (κ3) is 9.11. The smallest absolute Gasteiger partial charge is 0.359 e. The van der Waals surface area contributed by atoms with Crippen molar-refractivity contribution in [2.75, 3.05) is 39.4 Å². The highest BCUT2D eigenvalue weighted by Gasteiger charge is 2.41. The van der Waals surface area contributed by atoms with Crippen LogP contribution < -0.4 is 9.44 Å². The van der Waals surface area contributed by atoms with Crippen molar-refractivity contribution in [3.05, 3.63) is 23.3 Å². The van der Waals surface area contributed by atoms with Gasteiger partial charge < -0.3 is 19.1 Å². The van der Waals surface area contributed by atoms with Crippen molar-refractivity contribution >= 4 is 48.6 Å². The molecule has 0 bridgehead atoms. The predicted molar refractivity (Wildman–Crippen MR) is 165 cm³/mol. The summed E-state index contributed by atoms with van der Waals surface area (Å²) < 4.78 is 27.5. The Hall–Kier alpha value is -1.78. The lowest BCUT2D eigenvalue weighted by atomic mass is 10.0. The van der Waals surface area contributed by atoms with Gasteiger partial charge in [0, 0.05) is 26.3 Å². The lowest BCUT2D eigenvalue weighted by molar-refractivity contribution is -0.218. The Labute approximate surface area is 257 Å². The summed E-state index contributed by atoms with van der Waals surface area (Å²) in [5.74, 6) is -2.13. The van der Waals surface area contributed by atoms with Crippen LogP contribution in [0, 0.1) is 0 Å². The fourth-order valence-corrected chi connectivity index (χ4v) is 6.28. The van der Waals surface area contributed by atoms with Crippen LogP contribution in [0.4, 0.5) is 0 Å². The summed E-state index contributed by atoms with van der Waals surface area (Å²) >= 11 is 2.44. The van der Waals surface area contributed by atoms with Gasteiger partial charge in [0.2, 0.25) is 0 Å². The molecule has 0 fully saturated rings. The minimum atomic E-state index is -1.07. The Balaban J connectivity index is 1.26. The first-order valence-corrected chi connectivity index (χ1v) is 16.6. The lowest BCUT2D eigenvalue weighted by Gasteiger charge is -2.35. The van der Waals surface area contributed by atoms with Crippen molar-refractivity contribution in [3.8, 4) is 0 Å². The largest absolute Gasteiger partial charge is 0.438 e. The second-order valence-electron chi connectivity index (χ2n) is 10.7. The van der Waals surface area contributed by atoms with E-state index in [1.165, 1.54) is 47.2 Å². The van der Waals surface area contributed by atoms with E-state index < -0.39 is 23.4 Å². The molecule has 0 saturated heterocycles. The van der Waals surface area contributed by atoms with Gasteiger partial charge in [-0.25, -0.2) is 27.8 Å². The van der Waals surface area contributed by atoms with E-state index in [1.54, 1.807) is 12.4 Å². The molecule has 42 heavy (non-hydrogen) atoms. The molecule has 2 unspecified atom stereocenters. The standard InChI is InChI=1S/C28H44N6O6S2/c1-3-5-7-9-17-37-27(21-29-41-31-27)23-13-11-15-33(19-23)39-25(35)26(36)40-34-16-12-14-24(20-34)28(22-30-42-32-28)38-18-10-8-6-4-2/h13-14,21-22,31-32H,3-12,15-20H2,1-2H3. The van der Waals surface area contributed by atoms with E-state index in [0.29, 0.717) is 39.1 Å². The first kappa shape index (κ1) is 33.1. The minimum absolute atomic E-state index is 0.283. The topological polar surface area (TPSA) is 126 Å². The second-order valence-corrected chi connectivity index (χ2v) is 11.9. The Bertz CT molecular complexity index is 962. The summed E-state index contributed by atoms with van der Waals surface area (Å²) in [5.41, 5.74) is 0.0494. The highest BCUT2D eigenvalue weighted by Crippen LogP contribution is 2.31. The molecule has 4 aliphatic rings. The van der Waals surface area contributed by atoms with Gasteiger partial charge >= 0.3 is 11.9 Å². The van der Waals surface area contributed by atoms with E-state index >= 15 is 0 Å². The van der Waals surface area contributed by atoms with Crippen molar-refractivity contribution < 1.29 is 28.7 Å². The zero-order valence-corrected chi connectivity index (χ0v) is 26.3. The third-order valence-electron chi connectivity index (χ3n) is 7.40. The fraction of sp³-hybridized carbons (Fsp3) is 0.714. The van der Waals surface area contributed by atoms with Crippen LogP contribution in [-0.4, -0.2) is 85.3 Å². The molecule has 0 aromatic rings. The quantitative estimate of drug-likeness (QED) is 0.110. The Kier molecular flexibility index (Phi) is 13.3. The maximum absolute atomic E-state index is 12.8. The van der Waals surface area contributed by atoms with Gasteiger partial charge in [0.15, 0.2) is 11.4 Å². The number of nitrogens with zero attached hydrogens (tertiary/aromatic N) is 4. The summed E-state index contributed by atoms with van der Waals surface area (Å²) in [5, 5.41) is 2.94. The van der Waals surface area contributed by atoms with Gasteiger partial charge in [-0.15, -0.1) is 10.1 Å². The Morgan fingerprint density at radius 3 is 1.60 bits per heavy atom. The van der Waals surface area contributed by atoms with E-state index in [0.717, 1.165) is 49.7 Å². The monoisotopic (exact) mass is 624 g/mol. The summed E-state index contributed by atoms with van der Waals surface area (Å²) in [6.45, 7) is 6.99. The first-order valence-electron chi connectivity index (χ1n) is 15.1. The number of hydrogen-bond acceptors (Lipinski definition) is 14. The van der Waals surface area contributed by atoms with Crippen LogP contribution in [0.2, 0.25) is 0 Å². The molecular formula is C28H44N6O6S2. The summed E-state index contributed by atoms with van der Waals surface area (Å²) in [6, 6.07) is 0. The molecule has 0 aromatic heterocycles. The maximum Gasteiger partial charge on any atom is 0.438 e. The van der Waals surface area contributed by atoms with Crippen LogP contribution in [0.3, 0.4) is 0 Å². The molecule has 4 rings (SSSR count). The molecule has 2 N–H and O–H groups in total. The molecule has 0 aliphatic carbocycles. The molecule has 4 aliphatic heterocycles. The molecule has 234 valence electrons. The van der Waals surface area contributed by atoms with E-state index in [-0.39, 0.29) is 13.1 Å². The summed E-state index contributed by atoms with van der Waals surface area (Å²) in [4.78, 5) is 36.4. The van der Waals surface area contributed by atoms with Crippen molar-refractivity contribution in [1.82, 2.24) is 19.6 Å². The van der Waals surface area contributed by atoms with Crippen molar-refractivity contribution in [2.45, 2.75) is 89.5 Å². The molecule has 0 saturated carbocycles. The zero-order chi connectivity index (χ0) is 29.7. The number of ether oxygens (including phenoxy) is 2. The van der Waals surface area contributed by atoms with Gasteiger partial charge in [0.1, 0.15) is 0 Å². The fourth-order valence-electron chi connectivity index (χ4n) is 5.02. The number of carbonyl (C=O) groups excluding carboxylic acids is 2. The maximum atomic E-state index is 12.8. The Morgan fingerprint density at radius 1 is 0.762 bits per heavy atom. The molecule has 14 heteroatoms. The average Bonchev–Trinajstić information content (AvgIpc) is 3.69. The Morgan fingerprint density at radius 2 is 1.21 bits per heavy atom. The molecule has 0 aromatic carbocycles. The van der Waals surface area contributed by atoms with Crippen LogP contribution in [0.5, 0.6) is 0 Å². The van der Waals surface area contributed by atoms with Crippen molar-refractivity contribution in [2.24, 2.45) is 8.80 Å². The van der Waals surface area contributed by atoms with Crippen LogP contribution >= 0.6 is 24.3 Å². The zero-order valence-electron chi connectivity index (χ0n) is 24.7. The van der Waals surface area contributed by atoms with Crippen LogP contribution in [0.1, 0.15) is 78.1 Å². The van der Waals surface area contributed by atoms with Crippen molar-refractivity contribution in [1.29, 1.82) is 0 Å². The SMILES string of the molecule is CCCCCCOC1(C2=CCCN(OC(=O)C(=O)ON3CCC=C(C4(OCCCCCC)C=NSN4)C3)C2)C=NSN1. The van der Waals surface area contributed by atoms with Gasteiger partial charge in [0.25, 0.3) is 0 Å². The van der Waals surface area contributed by atoms with Gasteiger partial charge in [0.05, 0.1) is 49.8 Å². The molecule has 0 amide bonds. The predicted octanol–water partition coefficient (Wildman–Crippen LogP) is 4.23. The number of unbranched alkanes of at least 4 members (excludes halogenated alkanes) is 6. The molecule has 12 nitrogen and oxygen atoms in total. The number of nitrogens with one attached hydrogen (secondary N) is 2. The lowest BCUT2D eigenvalue weighted by Crippen LogP contribution is -2.51. The molecule has 0 radical (unpaired) electrons. The highest BCUT2D eigenvalue weighted by molar-refractivity contribution is 7.96. The van der Waals surface area contributed by atoms with Crippen LogP contribution in [0.25, 0.3) is 0 Å². The number of rotatable bonds is 16. The first-order chi connectivity index (χ1) is 20.5. The normalized spacial score (nSPS) is 26.3. The van der Waals surface area contributed by atoms with E-state index in [9.17, 15) is 9.59 Å². The van der Waals surface area contributed by atoms with E-state index in [1.807, 2.05) is 0 Å². The third-order valence-corrected chi connectivity index (χ3v) is 8.61. The number of hydrogen-bond donors (Lipinski definition) is 2. The number of carbonyl (C=O) groups is 2. The van der Waals surface area contributed by atoms with Gasteiger partial charge in [-0.3, -0.25) is 0 Å². The van der Waals surface area contributed by atoms with Crippen molar-refractivity contribution in [3.63, 3.8) is 0 Å². The highest BCUT2D eigenvalue weighted by atomic mass is 32.2. The molecular weight excluding hydrogens is 580 g/mol. The molecule has 2 atom stereocenters. The minimum Gasteiger partial charge on any atom is -0.359 e. The van der Waals surface area contributed by atoms with Crippen LogP contribution in [-0.2, 0) is 28.7 Å². The summed E-state index contributed by atoms with van der Waals surface area (Å²) in [7, 11) is 0. The van der Waals surface area contributed by atoms with E-state index in [2.05, 4.69) is 44.2 Å².